The van der Waals surface area contributed by atoms with Crippen molar-refractivity contribution in [1.29, 1.82) is 0 Å². The molecule has 1 aliphatic rings. The molecule has 9 heteroatoms. The Hall–Kier alpha value is -3.20. The first-order valence-corrected chi connectivity index (χ1v) is 12.7. The second-order valence-electron chi connectivity index (χ2n) is 7.93. The van der Waals surface area contributed by atoms with Gasteiger partial charge in [-0.1, -0.05) is 30.7 Å². The van der Waals surface area contributed by atoms with Crippen LogP contribution in [0.3, 0.4) is 0 Å². The molecular formula is C25H24ClN3O4S. The maximum Gasteiger partial charge on any atom is 0.258 e. The molecule has 4 rings (SSSR count). The van der Waals surface area contributed by atoms with Crippen molar-refractivity contribution in [2.45, 2.75) is 31.2 Å². The summed E-state index contributed by atoms with van der Waals surface area (Å²) in [5.41, 5.74) is 3.73. The average molecular weight is 498 g/mol. The van der Waals surface area contributed by atoms with Gasteiger partial charge in [0.2, 0.25) is 15.9 Å². The molecule has 2 amide bonds. The summed E-state index contributed by atoms with van der Waals surface area (Å²) < 4.78 is 28.0. The van der Waals surface area contributed by atoms with Gasteiger partial charge >= 0.3 is 0 Å². The zero-order valence-corrected chi connectivity index (χ0v) is 20.1. The maximum absolute atomic E-state index is 12.9. The van der Waals surface area contributed by atoms with E-state index in [4.69, 9.17) is 11.6 Å². The van der Waals surface area contributed by atoms with Crippen molar-refractivity contribution < 1.29 is 18.0 Å². The van der Waals surface area contributed by atoms with Gasteiger partial charge in [0, 0.05) is 41.5 Å². The van der Waals surface area contributed by atoms with E-state index in [9.17, 15) is 18.0 Å². The van der Waals surface area contributed by atoms with E-state index in [1.54, 1.807) is 48.2 Å². The summed E-state index contributed by atoms with van der Waals surface area (Å²) in [5, 5.41) is 3.26. The fourth-order valence-electron chi connectivity index (χ4n) is 3.75. The molecule has 0 spiro atoms. The van der Waals surface area contributed by atoms with Crippen LogP contribution in [0.5, 0.6) is 0 Å². The summed E-state index contributed by atoms with van der Waals surface area (Å²) in [7, 11) is -3.73. The van der Waals surface area contributed by atoms with Crippen LogP contribution in [0.1, 0.15) is 34.8 Å². The van der Waals surface area contributed by atoms with Crippen molar-refractivity contribution in [3.63, 3.8) is 0 Å². The first kappa shape index (κ1) is 23.9. The van der Waals surface area contributed by atoms with Crippen LogP contribution in [0.2, 0.25) is 5.02 Å². The van der Waals surface area contributed by atoms with Crippen LogP contribution >= 0.6 is 11.6 Å². The molecule has 7 nitrogen and oxygen atoms in total. The number of nitrogens with zero attached hydrogens (tertiary/aromatic N) is 1. The molecule has 3 aromatic carbocycles. The van der Waals surface area contributed by atoms with Gasteiger partial charge in [-0.25, -0.2) is 13.1 Å². The van der Waals surface area contributed by atoms with Crippen LogP contribution in [0.25, 0.3) is 0 Å². The third-order valence-corrected chi connectivity index (χ3v) is 7.28. The van der Waals surface area contributed by atoms with Gasteiger partial charge in [-0.05, 0) is 72.1 Å². The minimum atomic E-state index is -3.73. The Bertz CT molecular complexity index is 1320. The van der Waals surface area contributed by atoms with E-state index in [-0.39, 0.29) is 23.3 Å². The third kappa shape index (κ3) is 5.30. The fourth-order valence-corrected chi connectivity index (χ4v) is 4.90. The Kier molecular flexibility index (Phi) is 7.02. The molecule has 0 atom stereocenters. The zero-order valence-electron chi connectivity index (χ0n) is 18.5. The van der Waals surface area contributed by atoms with Crippen LogP contribution < -0.4 is 14.9 Å². The molecule has 1 aliphatic heterocycles. The number of nitrogens with one attached hydrogen (secondary N) is 2. The Morgan fingerprint density at radius 1 is 1.00 bits per heavy atom. The van der Waals surface area contributed by atoms with Gasteiger partial charge in [0.1, 0.15) is 0 Å². The molecule has 1 heterocycles. The van der Waals surface area contributed by atoms with Gasteiger partial charge in [0.25, 0.3) is 5.91 Å². The summed E-state index contributed by atoms with van der Waals surface area (Å²) in [5.74, 6) is -0.235. The van der Waals surface area contributed by atoms with Crippen molar-refractivity contribution in [2.75, 3.05) is 16.8 Å². The van der Waals surface area contributed by atoms with Gasteiger partial charge in [-0.15, -0.1) is 0 Å². The van der Waals surface area contributed by atoms with Crippen LogP contribution in [0.15, 0.2) is 71.6 Å². The summed E-state index contributed by atoms with van der Waals surface area (Å²) in [6.45, 7) is 2.42. The first-order valence-electron chi connectivity index (χ1n) is 10.9. The van der Waals surface area contributed by atoms with Crippen LogP contribution in [0.4, 0.5) is 11.4 Å². The summed E-state index contributed by atoms with van der Waals surface area (Å²) in [4.78, 5) is 26.2. The summed E-state index contributed by atoms with van der Waals surface area (Å²) >= 11 is 5.92. The largest absolute Gasteiger partial charge is 0.326 e. The third-order valence-electron chi connectivity index (χ3n) is 5.61. The van der Waals surface area contributed by atoms with Crippen molar-refractivity contribution >= 4 is 44.8 Å². The van der Waals surface area contributed by atoms with Gasteiger partial charge in [-0.3, -0.25) is 9.59 Å². The normalized spacial score (nSPS) is 12.9. The molecule has 0 aliphatic carbocycles. The minimum Gasteiger partial charge on any atom is -0.326 e. The highest BCUT2D eigenvalue weighted by Crippen LogP contribution is 2.30. The van der Waals surface area contributed by atoms with E-state index < -0.39 is 10.0 Å². The molecule has 0 saturated carbocycles. The molecule has 0 aromatic heterocycles. The lowest BCUT2D eigenvalue weighted by atomic mass is 10.1. The number of rotatable bonds is 7. The molecule has 0 radical (unpaired) electrons. The highest BCUT2D eigenvalue weighted by Gasteiger charge is 2.26. The molecule has 176 valence electrons. The molecule has 0 bridgehead atoms. The lowest BCUT2D eigenvalue weighted by molar-refractivity contribution is -0.115. The Balaban J connectivity index is 1.42. The number of amides is 2. The van der Waals surface area contributed by atoms with E-state index in [1.165, 1.54) is 12.1 Å². The predicted octanol–water partition coefficient (Wildman–Crippen LogP) is 4.37. The van der Waals surface area contributed by atoms with E-state index in [2.05, 4.69) is 10.0 Å². The molecule has 0 fully saturated rings. The van der Waals surface area contributed by atoms with Crippen LogP contribution in [0, 0.1) is 0 Å². The molecule has 0 unspecified atom stereocenters. The molecule has 2 N–H and O–H groups in total. The quantitative estimate of drug-likeness (QED) is 0.506. The maximum atomic E-state index is 12.9. The Morgan fingerprint density at radius 3 is 2.38 bits per heavy atom. The lowest BCUT2D eigenvalue weighted by Crippen LogP contribution is -2.28. The van der Waals surface area contributed by atoms with E-state index in [0.717, 1.165) is 16.8 Å². The molecule has 34 heavy (non-hydrogen) atoms. The SMILES string of the molecule is CCC(=O)Nc1ccc(S(=O)(=O)NCc2ccc3c(c2)CCN3C(=O)c2ccc(Cl)cc2)cc1. The first-order chi connectivity index (χ1) is 16.3. The van der Waals surface area contributed by atoms with E-state index in [1.807, 2.05) is 18.2 Å². The molecule has 0 saturated heterocycles. The van der Waals surface area contributed by atoms with Gasteiger partial charge < -0.3 is 10.2 Å². The Labute approximate surface area is 203 Å². The van der Waals surface area contributed by atoms with Crippen molar-refractivity contribution in [3.05, 3.63) is 88.4 Å². The highest BCUT2D eigenvalue weighted by molar-refractivity contribution is 7.89. The minimum absolute atomic E-state index is 0.0950. The number of carbonyl (C=O) groups excluding carboxylic acids is 2. The monoisotopic (exact) mass is 497 g/mol. The van der Waals surface area contributed by atoms with Gasteiger partial charge in [0.15, 0.2) is 0 Å². The van der Waals surface area contributed by atoms with E-state index >= 15 is 0 Å². The van der Waals surface area contributed by atoms with E-state index in [0.29, 0.717) is 35.7 Å². The second kappa shape index (κ2) is 9.97. The number of sulfonamides is 1. The van der Waals surface area contributed by atoms with Gasteiger partial charge in [-0.2, -0.15) is 0 Å². The predicted molar refractivity (Wildman–Crippen MR) is 133 cm³/mol. The number of anilines is 2. The summed E-state index contributed by atoms with van der Waals surface area (Å²) in [6, 6.07) is 18.4. The standard InChI is InChI=1S/C25H24ClN3O4S/c1-2-24(30)28-21-8-10-22(11-9-21)34(32,33)27-16-17-3-12-23-19(15-17)13-14-29(23)25(31)18-4-6-20(26)7-5-18/h3-12,15,27H,2,13-14,16H2,1H3,(H,28,30). The van der Waals surface area contributed by atoms with Gasteiger partial charge in [0.05, 0.1) is 4.90 Å². The smallest absolute Gasteiger partial charge is 0.258 e. The number of hydrogen-bond acceptors (Lipinski definition) is 4. The van der Waals surface area contributed by atoms with Crippen LogP contribution in [-0.2, 0) is 27.8 Å². The number of carbonyl (C=O) groups is 2. The molecule has 3 aromatic rings. The average Bonchev–Trinajstić information content (AvgIpc) is 3.26. The number of fused-ring (bicyclic) bond motifs is 1. The summed E-state index contributed by atoms with van der Waals surface area (Å²) in [6.07, 6.45) is 1.04. The zero-order chi connectivity index (χ0) is 24.3. The Morgan fingerprint density at radius 2 is 1.71 bits per heavy atom. The van der Waals surface area contributed by atoms with Crippen molar-refractivity contribution in [3.8, 4) is 0 Å². The number of hydrogen-bond donors (Lipinski definition) is 2. The lowest BCUT2D eigenvalue weighted by Gasteiger charge is -2.18. The number of halogens is 1. The van der Waals surface area contributed by atoms with Crippen molar-refractivity contribution in [1.82, 2.24) is 4.72 Å². The van der Waals surface area contributed by atoms with Crippen molar-refractivity contribution in [2.24, 2.45) is 0 Å². The van der Waals surface area contributed by atoms with Crippen LogP contribution in [-0.4, -0.2) is 26.8 Å². The fraction of sp³-hybridized carbons (Fsp3) is 0.200. The second-order valence-corrected chi connectivity index (χ2v) is 10.1. The molecular weight excluding hydrogens is 474 g/mol. The number of benzene rings is 3. The highest BCUT2D eigenvalue weighted by atomic mass is 35.5. The topological polar surface area (TPSA) is 95.6 Å².